The third-order valence-electron chi connectivity index (χ3n) is 4.19. The molecule has 1 saturated heterocycles. The molecule has 1 amide bonds. The van der Waals surface area contributed by atoms with Gasteiger partial charge in [-0.15, -0.1) is 0 Å². The van der Waals surface area contributed by atoms with Crippen LogP contribution >= 0.6 is 0 Å². The summed E-state index contributed by atoms with van der Waals surface area (Å²) in [5.41, 5.74) is -0.317. The molecule has 2 rings (SSSR count). The number of aliphatic hydroxyl groups excluding tert-OH is 1. The maximum absolute atomic E-state index is 12.0. The molecule has 0 spiro atoms. The van der Waals surface area contributed by atoms with Crippen molar-refractivity contribution in [2.24, 2.45) is 11.8 Å². The Hall–Kier alpha value is -0.610. The minimum Gasteiger partial charge on any atom is -0.394 e. The Bertz CT molecular complexity index is 258. The molecule has 1 aliphatic heterocycles. The zero-order chi connectivity index (χ0) is 11.6. The van der Waals surface area contributed by atoms with Crippen LogP contribution in [-0.2, 0) is 4.79 Å². The summed E-state index contributed by atoms with van der Waals surface area (Å²) < 4.78 is 0. The van der Waals surface area contributed by atoms with Crippen molar-refractivity contribution in [3.63, 3.8) is 0 Å². The Morgan fingerprint density at radius 1 is 1.50 bits per heavy atom. The molecule has 1 unspecified atom stereocenters. The number of hydrogen-bond donors (Lipinski definition) is 3. The minimum absolute atomic E-state index is 0.0604. The maximum atomic E-state index is 12.0. The van der Waals surface area contributed by atoms with Crippen molar-refractivity contribution >= 4 is 5.91 Å². The van der Waals surface area contributed by atoms with Gasteiger partial charge in [0.15, 0.2) is 0 Å². The van der Waals surface area contributed by atoms with Gasteiger partial charge in [0.25, 0.3) is 0 Å². The fourth-order valence-corrected chi connectivity index (χ4v) is 2.63. The van der Waals surface area contributed by atoms with Gasteiger partial charge < -0.3 is 15.7 Å². The van der Waals surface area contributed by atoms with Crippen LogP contribution in [0.3, 0.4) is 0 Å². The molecular weight excluding hydrogens is 204 g/mol. The Labute approximate surface area is 96.8 Å². The number of carbonyl (C=O) groups is 1. The van der Waals surface area contributed by atoms with Gasteiger partial charge in [0.1, 0.15) is 0 Å². The van der Waals surface area contributed by atoms with Crippen molar-refractivity contribution in [2.45, 2.75) is 38.1 Å². The van der Waals surface area contributed by atoms with Gasteiger partial charge in [0.2, 0.25) is 5.91 Å². The summed E-state index contributed by atoms with van der Waals surface area (Å²) in [7, 11) is 0. The molecule has 0 bridgehead atoms. The second-order valence-corrected chi connectivity index (χ2v) is 5.34. The SMILES string of the molecule is CC(C(=O)NC1(CO)CCCC1)C1CNC1. The molecule has 0 aromatic rings. The molecule has 1 aliphatic carbocycles. The summed E-state index contributed by atoms with van der Waals surface area (Å²) >= 11 is 0. The first-order valence-corrected chi connectivity index (χ1v) is 6.30. The highest BCUT2D eigenvalue weighted by Crippen LogP contribution is 2.30. The third kappa shape index (κ3) is 2.23. The second kappa shape index (κ2) is 4.72. The minimum atomic E-state index is -0.317. The molecule has 0 aromatic carbocycles. The van der Waals surface area contributed by atoms with Gasteiger partial charge in [-0.05, 0) is 31.8 Å². The molecular formula is C12H22N2O2. The van der Waals surface area contributed by atoms with Crippen molar-refractivity contribution in [3.8, 4) is 0 Å². The highest BCUT2D eigenvalue weighted by molar-refractivity contribution is 5.79. The summed E-state index contributed by atoms with van der Waals surface area (Å²) in [6.45, 7) is 3.96. The quantitative estimate of drug-likeness (QED) is 0.644. The number of aliphatic hydroxyl groups is 1. The molecule has 0 radical (unpaired) electrons. The van der Waals surface area contributed by atoms with Crippen molar-refractivity contribution in [1.82, 2.24) is 10.6 Å². The van der Waals surface area contributed by atoms with Crippen LogP contribution in [0, 0.1) is 11.8 Å². The molecule has 1 atom stereocenters. The van der Waals surface area contributed by atoms with Gasteiger partial charge in [-0.25, -0.2) is 0 Å². The summed E-state index contributed by atoms with van der Waals surface area (Å²) in [6.07, 6.45) is 4.07. The molecule has 4 heteroatoms. The Balaban J connectivity index is 1.89. The highest BCUT2D eigenvalue weighted by Gasteiger charge is 2.37. The summed E-state index contributed by atoms with van der Waals surface area (Å²) in [4.78, 5) is 12.0. The zero-order valence-electron chi connectivity index (χ0n) is 9.96. The van der Waals surface area contributed by atoms with Crippen LogP contribution in [0.2, 0.25) is 0 Å². The zero-order valence-corrected chi connectivity index (χ0v) is 9.96. The maximum Gasteiger partial charge on any atom is 0.223 e. The second-order valence-electron chi connectivity index (χ2n) is 5.34. The van der Waals surface area contributed by atoms with E-state index >= 15 is 0 Å². The van der Waals surface area contributed by atoms with E-state index in [1.807, 2.05) is 6.92 Å². The molecule has 2 fully saturated rings. The fourth-order valence-electron chi connectivity index (χ4n) is 2.63. The van der Waals surface area contributed by atoms with Gasteiger partial charge >= 0.3 is 0 Å². The lowest BCUT2D eigenvalue weighted by molar-refractivity contribution is -0.129. The van der Waals surface area contributed by atoms with Gasteiger partial charge in [0.05, 0.1) is 12.1 Å². The van der Waals surface area contributed by atoms with Gasteiger partial charge in [0, 0.05) is 5.92 Å². The summed E-state index contributed by atoms with van der Waals surface area (Å²) in [6, 6.07) is 0. The number of hydrogen-bond acceptors (Lipinski definition) is 3. The monoisotopic (exact) mass is 226 g/mol. The van der Waals surface area contributed by atoms with Crippen molar-refractivity contribution in [1.29, 1.82) is 0 Å². The van der Waals surface area contributed by atoms with E-state index in [1.165, 1.54) is 0 Å². The Kier molecular flexibility index (Phi) is 3.50. The first kappa shape index (κ1) is 11.9. The summed E-state index contributed by atoms with van der Waals surface area (Å²) in [5.74, 6) is 0.643. The lowest BCUT2D eigenvalue weighted by Gasteiger charge is -2.35. The van der Waals surface area contributed by atoms with E-state index in [-0.39, 0.29) is 24.0 Å². The first-order chi connectivity index (χ1) is 7.67. The molecule has 1 saturated carbocycles. The van der Waals surface area contributed by atoms with Crippen molar-refractivity contribution in [3.05, 3.63) is 0 Å². The van der Waals surface area contributed by atoms with Gasteiger partial charge in [-0.3, -0.25) is 4.79 Å². The molecule has 92 valence electrons. The van der Waals surface area contributed by atoms with E-state index in [1.54, 1.807) is 0 Å². The number of rotatable bonds is 4. The van der Waals surface area contributed by atoms with Crippen LogP contribution in [0.25, 0.3) is 0 Å². The molecule has 0 aromatic heterocycles. The number of amides is 1. The fraction of sp³-hybridized carbons (Fsp3) is 0.917. The van der Waals surface area contributed by atoms with E-state index in [0.717, 1.165) is 38.8 Å². The topological polar surface area (TPSA) is 61.4 Å². The predicted molar refractivity (Wildman–Crippen MR) is 62.0 cm³/mol. The highest BCUT2D eigenvalue weighted by atomic mass is 16.3. The lowest BCUT2D eigenvalue weighted by Crippen LogP contribution is -2.55. The normalized spacial score (nSPS) is 26.1. The predicted octanol–water partition coefficient (Wildman–Crippen LogP) is 0.263. The molecule has 1 heterocycles. The van der Waals surface area contributed by atoms with Crippen LogP contribution in [-0.4, -0.2) is 36.2 Å². The smallest absolute Gasteiger partial charge is 0.223 e. The van der Waals surface area contributed by atoms with E-state index < -0.39 is 0 Å². The standard InChI is InChI=1S/C12H22N2O2/c1-9(10-6-13-7-10)11(16)14-12(8-15)4-2-3-5-12/h9-10,13,15H,2-8H2,1H3,(H,14,16). The van der Waals surface area contributed by atoms with Crippen LogP contribution in [0.5, 0.6) is 0 Å². The Morgan fingerprint density at radius 3 is 2.56 bits per heavy atom. The van der Waals surface area contributed by atoms with Crippen molar-refractivity contribution < 1.29 is 9.90 Å². The van der Waals surface area contributed by atoms with E-state index in [4.69, 9.17) is 0 Å². The van der Waals surface area contributed by atoms with Crippen molar-refractivity contribution in [2.75, 3.05) is 19.7 Å². The molecule has 16 heavy (non-hydrogen) atoms. The van der Waals surface area contributed by atoms with E-state index in [0.29, 0.717) is 5.92 Å². The first-order valence-electron chi connectivity index (χ1n) is 6.30. The number of carbonyl (C=O) groups excluding carboxylic acids is 1. The number of nitrogens with one attached hydrogen (secondary N) is 2. The average Bonchev–Trinajstić information content (AvgIpc) is 2.64. The van der Waals surface area contributed by atoms with E-state index in [2.05, 4.69) is 10.6 Å². The van der Waals surface area contributed by atoms with Crippen LogP contribution in [0.1, 0.15) is 32.6 Å². The molecule has 3 N–H and O–H groups in total. The Morgan fingerprint density at radius 2 is 2.12 bits per heavy atom. The lowest BCUT2D eigenvalue weighted by atomic mass is 9.87. The van der Waals surface area contributed by atoms with E-state index in [9.17, 15) is 9.90 Å². The molecule has 4 nitrogen and oxygen atoms in total. The third-order valence-corrected chi connectivity index (χ3v) is 4.19. The van der Waals surface area contributed by atoms with Crippen LogP contribution < -0.4 is 10.6 Å². The van der Waals surface area contributed by atoms with Crippen LogP contribution in [0.15, 0.2) is 0 Å². The van der Waals surface area contributed by atoms with Crippen LogP contribution in [0.4, 0.5) is 0 Å². The molecule has 2 aliphatic rings. The largest absolute Gasteiger partial charge is 0.394 e. The van der Waals surface area contributed by atoms with Gasteiger partial charge in [-0.2, -0.15) is 0 Å². The van der Waals surface area contributed by atoms with Gasteiger partial charge in [-0.1, -0.05) is 19.8 Å². The average molecular weight is 226 g/mol. The summed E-state index contributed by atoms with van der Waals surface area (Å²) in [5, 5.41) is 15.7.